The summed E-state index contributed by atoms with van der Waals surface area (Å²) in [5.41, 5.74) is -0.816. The first-order chi connectivity index (χ1) is 8.97. The number of amides is 1. The van der Waals surface area contributed by atoms with E-state index in [0.717, 1.165) is 29.8 Å². The van der Waals surface area contributed by atoms with Gasteiger partial charge in [0.05, 0.1) is 10.8 Å². The third-order valence-electron chi connectivity index (χ3n) is 2.45. The van der Waals surface area contributed by atoms with Crippen molar-refractivity contribution >= 4 is 35.2 Å². The minimum absolute atomic E-state index is 0.0593. The van der Waals surface area contributed by atoms with E-state index in [1.54, 1.807) is 11.8 Å². The number of hydrogen-bond donors (Lipinski definition) is 1. The molecule has 0 unspecified atom stereocenters. The van der Waals surface area contributed by atoms with Gasteiger partial charge in [-0.2, -0.15) is 24.9 Å². The molecule has 1 amide bonds. The molecule has 0 spiro atoms. The van der Waals surface area contributed by atoms with Gasteiger partial charge in [-0.1, -0.05) is 0 Å². The highest BCUT2D eigenvalue weighted by atomic mass is 32.2. The van der Waals surface area contributed by atoms with Crippen molar-refractivity contribution < 1.29 is 18.0 Å². The number of anilines is 1. The number of hydrogen-bond acceptors (Lipinski definition) is 4. The van der Waals surface area contributed by atoms with Gasteiger partial charge in [-0.15, -0.1) is 11.8 Å². The molecule has 19 heavy (non-hydrogen) atoms. The van der Waals surface area contributed by atoms with Crippen LogP contribution in [-0.2, 0) is 11.0 Å². The van der Waals surface area contributed by atoms with Crippen molar-refractivity contribution in [2.45, 2.75) is 11.4 Å². The number of carbonyl (C=O) groups is 1. The molecule has 1 saturated heterocycles. The predicted molar refractivity (Wildman–Crippen MR) is 71.4 cm³/mol. The number of alkyl halides is 3. The number of carbonyl (C=O) groups excluding carboxylic acids is 1. The summed E-state index contributed by atoms with van der Waals surface area (Å²) in [5.74, 6) is 2.20. The lowest BCUT2D eigenvalue weighted by Gasteiger charge is -2.20. The first-order valence-corrected chi connectivity index (χ1v) is 7.70. The van der Waals surface area contributed by atoms with Crippen molar-refractivity contribution in [3.05, 3.63) is 23.9 Å². The summed E-state index contributed by atoms with van der Waals surface area (Å²) in [6.07, 6.45) is -3.39. The van der Waals surface area contributed by atoms with Gasteiger partial charge in [0.1, 0.15) is 5.82 Å². The molecule has 8 heteroatoms. The SMILES string of the molecule is O=C(Nc1cc(C(F)(F)F)ccn1)[C@H]1CSCCS1. The molecule has 2 heterocycles. The van der Waals surface area contributed by atoms with Crippen molar-refractivity contribution in [2.24, 2.45) is 0 Å². The summed E-state index contributed by atoms with van der Waals surface area (Å²) < 4.78 is 37.5. The van der Waals surface area contributed by atoms with Gasteiger partial charge in [-0.3, -0.25) is 4.79 Å². The number of pyridine rings is 1. The highest BCUT2D eigenvalue weighted by Crippen LogP contribution is 2.30. The molecule has 2 rings (SSSR count). The molecule has 1 N–H and O–H groups in total. The normalized spacial score (nSPS) is 20.1. The Hall–Kier alpha value is -0.890. The van der Waals surface area contributed by atoms with Gasteiger partial charge in [0, 0.05) is 23.5 Å². The Morgan fingerprint density at radius 1 is 1.42 bits per heavy atom. The molecule has 104 valence electrons. The minimum atomic E-state index is -4.43. The Bertz CT molecular complexity index is 461. The van der Waals surface area contributed by atoms with E-state index in [2.05, 4.69) is 10.3 Å². The smallest absolute Gasteiger partial charge is 0.310 e. The third kappa shape index (κ3) is 4.04. The van der Waals surface area contributed by atoms with Gasteiger partial charge < -0.3 is 5.32 Å². The molecule has 1 aromatic heterocycles. The van der Waals surface area contributed by atoms with Crippen molar-refractivity contribution in [1.82, 2.24) is 4.98 Å². The van der Waals surface area contributed by atoms with Crippen molar-refractivity contribution in [3.63, 3.8) is 0 Å². The maximum atomic E-state index is 12.5. The molecule has 1 aliphatic heterocycles. The molecule has 0 bridgehead atoms. The Balaban J connectivity index is 2.04. The van der Waals surface area contributed by atoms with E-state index < -0.39 is 11.7 Å². The van der Waals surface area contributed by atoms with Crippen LogP contribution < -0.4 is 5.32 Å². The largest absolute Gasteiger partial charge is 0.416 e. The Morgan fingerprint density at radius 3 is 2.84 bits per heavy atom. The molecule has 0 aliphatic carbocycles. The highest BCUT2D eigenvalue weighted by molar-refractivity contribution is 8.07. The summed E-state index contributed by atoms with van der Waals surface area (Å²) in [6.45, 7) is 0. The molecular formula is C11H11F3N2OS2. The van der Waals surface area contributed by atoms with Crippen LogP contribution in [0, 0.1) is 0 Å². The zero-order valence-corrected chi connectivity index (χ0v) is 11.4. The molecular weight excluding hydrogens is 297 g/mol. The molecule has 0 saturated carbocycles. The third-order valence-corrected chi connectivity index (χ3v) is 5.20. The van der Waals surface area contributed by atoms with Gasteiger partial charge in [-0.25, -0.2) is 4.98 Å². The molecule has 1 fully saturated rings. The van der Waals surface area contributed by atoms with Gasteiger partial charge in [0.15, 0.2) is 0 Å². The number of aromatic nitrogens is 1. The highest BCUT2D eigenvalue weighted by Gasteiger charge is 2.31. The van der Waals surface area contributed by atoms with Crippen molar-refractivity contribution in [2.75, 3.05) is 22.6 Å². The molecule has 0 radical (unpaired) electrons. The van der Waals surface area contributed by atoms with Gasteiger partial charge in [0.25, 0.3) is 0 Å². The van der Waals surface area contributed by atoms with E-state index in [9.17, 15) is 18.0 Å². The maximum Gasteiger partial charge on any atom is 0.416 e. The zero-order valence-electron chi connectivity index (χ0n) is 9.74. The molecule has 0 aromatic carbocycles. The minimum Gasteiger partial charge on any atom is -0.310 e. The van der Waals surface area contributed by atoms with Gasteiger partial charge >= 0.3 is 6.18 Å². The van der Waals surface area contributed by atoms with Gasteiger partial charge in [0.2, 0.25) is 5.91 Å². The van der Waals surface area contributed by atoms with E-state index in [-0.39, 0.29) is 17.0 Å². The standard InChI is InChI=1S/C11H11F3N2OS2/c12-11(13,14)7-1-2-15-9(5-7)16-10(17)8-6-18-3-4-19-8/h1-2,5,8H,3-4,6H2,(H,15,16,17)/t8-/m1/s1. The lowest BCUT2D eigenvalue weighted by atomic mass is 10.2. The van der Waals surface area contributed by atoms with Gasteiger partial charge in [-0.05, 0) is 12.1 Å². The second-order valence-electron chi connectivity index (χ2n) is 3.85. The van der Waals surface area contributed by atoms with Crippen LogP contribution in [0.5, 0.6) is 0 Å². The lowest BCUT2D eigenvalue weighted by molar-refractivity contribution is -0.137. The second-order valence-corrected chi connectivity index (χ2v) is 6.31. The van der Waals surface area contributed by atoms with E-state index in [1.165, 1.54) is 11.8 Å². The summed E-state index contributed by atoms with van der Waals surface area (Å²) in [6, 6.07) is 1.72. The van der Waals surface area contributed by atoms with Crippen LogP contribution in [-0.4, -0.2) is 33.4 Å². The number of halogens is 3. The van der Waals surface area contributed by atoms with Crippen LogP contribution in [0.2, 0.25) is 0 Å². The summed E-state index contributed by atoms with van der Waals surface area (Å²) in [5, 5.41) is 2.21. The summed E-state index contributed by atoms with van der Waals surface area (Å²) in [4.78, 5) is 15.6. The van der Waals surface area contributed by atoms with Crippen molar-refractivity contribution in [3.8, 4) is 0 Å². The van der Waals surface area contributed by atoms with E-state index in [1.807, 2.05) is 0 Å². The zero-order chi connectivity index (χ0) is 13.9. The average Bonchev–Trinajstić information content (AvgIpc) is 2.39. The van der Waals surface area contributed by atoms with Crippen LogP contribution in [0.15, 0.2) is 18.3 Å². The second kappa shape index (κ2) is 6.04. The predicted octanol–water partition coefficient (Wildman–Crippen LogP) is 2.89. The van der Waals surface area contributed by atoms with E-state index in [4.69, 9.17) is 0 Å². The molecule has 1 aromatic rings. The average molecular weight is 308 g/mol. The fourth-order valence-corrected chi connectivity index (χ4v) is 4.08. The quantitative estimate of drug-likeness (QED) is 0.912. The van der Waals surface area contributed by atoms with Crippen LogP contribution >= 0.6 is 23.5 Å². The first kappa shape index (κ1) is 14.5. The molecule has 3 nitrogen and oxygen atoms in total. The van der Waals surface area contributed by atoms with E-state index in [0.29, 0.717) is 5.75 Å². The topological polar surface area (TPSA) is 42.0 Å². The fourth-order valence-electron chi connectivity index (χ4n) is 1.52. The molecule has 1 atom stereocenters. The van der Waals surface area contributed by atoms with Crippen LogP contribution in [0.3, 0.4) is 0 Å². The monoisotopic (exact) mass is 308 g/mol. The van der Waals surface area contributed by atoms with Crippen molar-refractivity contribution in [1.29, 1.82) is 0 Å². The lowest BCUT2D eigenvalue weighted by Crippen LogP contribution is -2.30. The first-order valence-electron chi connectivity index (χ1n) is 5.50. The molecule has 1 aliphatic rings. The number of nitrogens with one attached hydrogen (secondary N) is 1. The number of thioether (sulfide) groups is 2. The number of rotatable bonds is 2. The fraction of sp³-hybridized carbons (Fsp3) is 0.455. The van der Waals surface area contributed by atoms with Crippen LogP contribution in [0.25, 0.3) is 0 Å². The van der Waals surface area contributed by atoms with Crippen LogP contribution in [0.4, 0.5) is 19.0 Å². The Labute approximate surface area is 116 Å². The number of nitrogens with zero attached hydrogens (tertiary/aromatic N) is 1. The summed E-state index contributed by atoms with van der Waals surface area (Å²) in [7, 11) is 0. The Kier molecular flexibility index (Phi) is 4.62. The Morgan fingerprint density at radius 2 is 2.21 bits per heavy atom. The summed E-state index contributed by atoms with van der Waals surface area (Å²) >= 11 is 3.18. The van der Waals surface area contributed by atoms with Crippen LogP contribution in [0.1, 0.15) is 5.56 Å². The van der Waals surface area contributed by atoms with E-state index >= 15 is 0 Å². The maximum absolute atomic E-state index is 12.5.